The number of pyridine rings is 1. The van der Waals surface area contributed by atoms with E-state index in [1.165, 1.54) is 12.1 Å². The Morgan fingerprint density at radius 1 is 1.26 bits per heavy atom. The summed E-state index contributed by atoms with van der Waals surface area (Å²) in [7, 11) is 0. The molecule has 158 valence electrons. The van der Waals surface area contributed by atoms with Gasteiger partial charge in [-0.3, -0.25) is 14.9 Å². The fourth-order valence-corrected chi connectivity index (χ4v) is 4.46. The van der Waals surface area contributed by atoms with E-state index in [2.05, 4.69) is 19.7 Å². The molecule has 1 fully saturated rings. The van der Waals surface area contributed by atoms with Crippen molar-refractivity contribution >= 4 is 16.8 Å². The van der Waals surface area contributed by atoms with Crippen molar-refractivity contribution < 1.29 is 13.6 Å². The second kappa shape index (κ2) is 7.61. The van der Waals surface area contributed by atoms with Crippen LogP contribution >= 0.6 is 0 Å². The number of carbonyl (C=O) groups is 1. The quantitative estimate of drug-likeness (QED) is 0.536. The zero-order valence-electron chi connectivity index (χ0n) is 16.9. The molecule has 1 aromatic carbocycles. The van der Waals surface area contributed by atoms with Crippen molar-refractivity contribution in [1.29, 1.82) is 0 Å². The first-order chi connectivity index (χ1) is 15.0. The van der Waals surface area contributed by atoms with E-state index in [1.54, 1.807) is 17.3 Å². The van der Waals surface area contributed by atoms with Gasteiger partial charge in [0.25, 0.3) is 5.91 Å². The fraction of sp³-hybridized carbons (Fsp3) is 0.261. The molecular weight excluding hydrogens is 400 g/mol. The summed E-state index contributed by atoms with van der Waals surface area (Å²) in [6, 6.07) is 7.74. The summed E-state index contributed by atoms with van der Waals surface area (Å²) in [5, 5.41) is 7.84. The number of nitrogens with zero attached hydrogens (tertiary/aromatic N) is 4. The second-order valence-electron chi connectivity index (χ2n) is 8.09. The first kappa shape index (κ1) is 19.4. The van der Waals surface area contributed by atoms with Crippen LogP contribution < -0.4 is 0 Å². The largest absolute Gasteiger partial charge is 0.346 e. The maximum atomic E-state index is 14.1. The average molecular weight is 421 g/mol. The highest BCUT2D eigenvalue weighted by Crippen LogP contribution is 2.29. The molecule has 1 amide bonds. The number of rotatable bonds is 4. The van der Waals surface area contributed by atoms with Gasteiger partial charge in [0.1, 0.15) is 0 Å². The van der Waals surface area contributed by atoms with Crippen LogP contribution in [0.1, 0.15) is 23.7 Å². The number of aromatic nitrogens is 4. The van der Waals surface area contributed by atoms with Gasteiger partial charge in [-0.15, -0.1) is 0 Å². The lowest BCUT2D eigenvalue weighted by atomic mass is 10.1. The molecule has 0 bridgehead atoms. The number of hydrogen-bond acceptors (Lipinski definition) is 3. The fourth-order valence-electron chi connectivity index (χ4n) is 4.46. The van der Waals surface area contributed by atoms with Gasteiger partial charge in [0, 0.05) is 42.5 Å². The highest BCUT2D eigenvalue weighted by Gasteiger charge is 2.34. The van der Waals surface area contributed by atoms with Crippen molar-refractivity contribution in [3.05, 3.63) is 72.3 Å². The van der Waals surface area contributed by atoms with E-state index in [0.717, 1.165) is 41.2 Å². The molecule has 2 atom stereocenters. The van der Waals surface area contributed by atoms with Gasteiger partial charge < -0.3 is 9.47 Å². The van der Waals surface area contributed by atoms with Gasteiger partial charge in [-0.25, -0.2) is 8.78 Å². The van der Waals surface area contributed by atoms with Gasteiger partial charge >= 0.3 is 0 Å². The molecule has 4 aromatic rings. The van der Waals surface area contributed by atoms with Crippen LogP contribution in [-0.4, -0.2) is 43.1 Å². The highest BCUT2D eigenvalue weighted by atomic mass is 19.2. The van der Waals surface area contributed by atoms with Crippen molar-refractivity contribution in [2.24, 2.45) is 5.92 Å². The van der Waals surface area contributed by atoms with Gasteiger partial charge in [0.15, 0.2) is 11.6 Å². The number of H-pyrrole nitrogens is 1. The molecule has 1 N–H and O–H groups in total. The zero-order chi connectivity index (χ0) is 21.5. The van der Waals surface area contributed by atoms with Crippen LogP contribution in [0.3, 0.4) is 0 Å². The number of nitrogens with one attached hydrogen (secondary N) is 1. The minimum Gasteiger partial charge on any atom is -0.346 e. The molecular formula is C23H21F2N5O. The van der Waals surface area contributed by atoms with Crippen LogP contribution in [0, 0.1) is 17.6 Å². The summed E-state index contributed by atoms with van der Waals surface area (Å²) in [5.41, 5.74) is 2.58. The van der Waals surface area contributed by atoms with Gasteiger partial charge in [0.2, 0.25) is 0 Å². The van der Waals surface area contributed by atoms with Crippen molar-refractivity contribution in [2.45, 2.75) is 25.9 Å². The molecule has 4 heterocycles. The smallest absolute Gasteiger partial charge is 0.257 e. The zero-order valence-corrected chi connectivity index (χ0v) is 16.9. The maximum Gasteiger partial charge on any atom is 0.257 e. The third-order valence-electron chi connectivity index (χ3n) is 6.01. The Kier molecular flexibility index (Phi) is 4.77. The Hall–Kier alpha value is -3.55. The molecule has 5 rings (SSSR count). The SMILES string of the molecule is C[C@H]1C[C@@H](Cn2ccc3cc(-c4cn[nH]c4)ncc32)CN1C(=O)c1cccc(F)c1F. The van der Waals surface area contributed by atoms with E-state index in [-0.39, 0.29) is 17.5 Å². The van der Waals surface area contributed by atoms with Crippen LogP contribution in [0.25, 0.3) is 22.2 Å². The second-order valence-corrected chi connectivity index (χ2v) is 8.09. The summed E-state index contributed by atoms with van der Waals surface area (Å²) < 4.78 is 29.8. The van der Waals surface area contributed by atoms with E-state index in [9.17, 15) is 13.6 Å². The van der Waals surface area contributed by atoms with Crippen molar-refractivity contribution in [3.63, 3.8) is 0 Å². The Morgan fingerprint density at radius 2 is 2.13 bits per heavy atom. The molecule has 0 radical (unpaired) electrons. The van der Waals surface area contributed by atoms with Gasteiger partial charge in [-0.1, -0.05) is 6.07 Å². The van der Waals surface area contributed by atoms with E-state index in [1.807, 2.05) is 31.5 Å². The Morgan fingerprint density at radius 3 is 2.94 bits per heavy atom. The highest BCUT2D eigenvalue weighted by molar-refractivity contribution is 5.95. The lowest BCUT2D eigenvalue weighted by Gasteiger charge is -2.22. The van der Waals surface area contributed by atoms with E-state index >= 15 is 0 Å². The number of likely N-dealkylation sites (tertiary alicyclic amines) is 1. The molecule has 0 saturated carbocycles. The number of aromatic amines is 1. The van der Waals surface area contributed by atoms with Gasteiger partial charge in [-0.2, -0.15) is 5.10 Å². The molecule has 1 saturated heterocycles. The third-order valence-corrected chi connectivity index (χ3v) is 6.01. The summed E-state index contributed by atoms with van der Waals surface area (Å²) in [6.45, 7) is 3.16. The average Bonchev–Trinajstić information content (AvgIpc) is 3.50. The van der Waals surface area contributed by atoms with Crippen molar-refractivity contribution in [1.82, 2.24) is 24.6 Å². The molecule has 3 aromatic heterocycles. The molecule has 1 aliphatic rings. The van der Waals surface area contributed by atoms with Gasteiger partial charge in [-0.05, 0) is 43.5 Å². The molecule has 1 aliphatic heterocycles. The van der Waals surface area contributed by atoms with Gasteiger partial charge in [0.05, 0.1) is 29.2 Å². The maximum absolute atomic E-state index is 14.1. The first-order valence-electron chi connectivity index (χ1n) is 10.2. The van der Waals surface area contributed by atoms with Crippen LogP contribution in [0.5, 0.6) is 0 Å². The lowest BCUT2D eigenvalue weighted by molar-refractivity contribution is 0.0736. The number of hydrogen-bond donors (Lipinski definition) is 1. The van der Waals surface area contributed by atoms with E-state index in [0.29, 0.717) is 6.54 Å². The van der Waals surface area contributed by atoms with E-state index in [4.69, 9.17) is 0 Å². The lowest BCUT2D eigenvalue weighted by Crippen LogP contribution is -2.34. The number of carbonyl (C=O) groups excluding carboxylic acids is 1. The van der Waals surface area contributed by atoms with Crippen LogP contribution in [0.2, 0.25) is 0 Å². The van der Waals surface area contributed by atoms with Crippen LogP contribution in [0.15, 0.2) is 55.1 Å². The molecule has 0 spiro atoms. The number of benzene rings is 1. The molecule has 6 nitrogen and oxygen atoms in total. The topological polar surface area (TPSA) is 66.8 Å². The third kappa shape index (κ3) is 3.48. The van der Waals surface area contributed by atoms with Crippen molar-refractivity contribution in [2.75, 3.05) is 6.54 Å². The summed E-state index contributed by atoms with van der Waals surface area (Å²) >= 11 is 0. The van der Waals surface area contributed by atoms with Crippen LogP contribution in [-0.2, 0) is 6.54 Å². The minimum atomic E-state index is -1.08. The summed E-state index contributed by atoms with van der Waals surface area (Å²) in [4.78, 5) is 19.0. The van der Waals surface area contributed by atoms with E-state index < -0.39 is 17.5 Å². The Balaban J connectivity index is 1.34. The molecule has 8 heteroatoms. The number of amides is 1. The first-order valence-corrected chi connectivity index (χ1v) is 10.2. The van der Waals surface area contributed by atoms with Crippen molar-refractivity contribution in [3.8, 4) is 11.3 Å². The summed E-state index contributed by atoms with van der Waals surface area (Å²) in [6.07, 6.45) is 8.20. The summed E-state index contributed by atoms with van der Waals surface area (Å²) in [5.74, 6) is -2.34. The minimum absolute atomic E-state index is 0.0483. The Bertz CT molecular complexity index is 1250. The predicted octanol–water partition coefficient (Wildman–Crippen LogP) is 4.26. The molecule has 0 aliphatic carbocycles. The molecule has 0 unspecified atom stereocenters. The molecule has 31 heavy (non-hydrogen) atoms. The Labute approximate surface area is 177 Å². The predicted molar refractivity (Wildman–Crippen MR) is 112 cm³/mol. The normalized spacial score (nSPS) is 18.7. The monoisotopic (exact) mass is 421 g/mol. The number of halogens is 2. The standard InChI is InChI=1S/C23H21F2N5O/c1-14-7-15(13-30(14)23(31)18-3-2-4-19(24)22(18)25)12-29-6-5-16-8-20(26-11-21(16)29)17-9-27-28-10-17/h2-6,8-11,14-15H,7,12-13H2,1H3,(H,27,28)/t14-,15-/m0/s1. The number of fused-ring (bicyclic) bond motifs is 1. The van der Waals surface area contributed by atoms with Crippen LogP contribution in [0.4, 0.5) is 8.78 Å².